The van der Waals surface area contributed by atoms with Gasteiger partial charge in [0.2, 0.25) is 0 Å². The van der Waals surface area contributed by atoms with Gasteiger partial charge >= 0.3 is 6.03 Å². The van der Waals surface area contributed by atoms with Gasteiger partial charge in [-0.1, -0.05) is 0 Å². The number of nitrogens with zero attached hydrogens (tertiary/aromatic N) is 2. The first kappa shape index (κ1) is 11.5. The second-order valence-corrected chi connectivity index (χ2v) is 3.03. The summed E-state index contributed by atoms with van der Waals surface area (Å²) in [5.74, 6) is -0.809. The highest BCUT2D eigenvalue weighted by molar-refractivity contribution is 6.08. The van der Waals surface area contributed by atoms with Gasteiger partial charge in [-0.3, -0.25) is 10.1 Å². The lowest BCUT2D eigenvalue weighted by atomic mass is 10.2. The second-order valence-electron chi connectivity index (χ2n) is 3.03. The summed E-state index contributed by atoms with van der Waals surface area (Å²) >= 11 is 0. The Hall–Kier alpha value is -2.55. The molecule has 3 amide bonds. The topological polar surface area (TPSA) is 101 Å². The molecule has 0 fully saturated rings. The molecular formula is C10H10N4O2. The molecule has 0 aliphatic carbocycles. The Morgan fingerprint density at radius 3 is 2.75 bits per heavy atom. The summed E-state index contributed by atoms with van der Waals surface area (Å²) < 4.78 is 1.73. The second kappa shape index (κ2) is 4.79. The number of nitrogens with one attached hydrogen (secondary N) is 1. The van der Waals surface area contributed by atoms with Gasteiger partial charge < -0.3 is 10.3 Å². The van der Waals surface area contributed by atoms with E-state index in [9.17, 15) is 9.59 Å². The minimum Gasteiger partial charge on any atom is -0.351 e. The molecule has 3 N–H and O–H groups in total. The Bertz CT molecular complexity index is 493. The summed E-state index contributed by atoms with van der Waals surface area (Å²) in [6.45, 7) is 0. The van der Waals surface area contributed by atoms with Crippen LogP contribution in [-0.2, 0) is 11.8 Å². The van der Waals surface area contributed by atoms with E-state index in [1.54, 1.807) is 36.0 Å². The Morgan fingerprint density at radius 2 is 2.31 bits per heavy atom. The standard InChI is InChI=1S/C10H10N4O2/c1-14-4-2-3-8(14)5-7(6-11)9(15)13-10(12)16/h2-5H,1H3,(H3,12,13,15,16)/b7-5-. The van der Waals surface area contributed by atoms with Crippen molar-refractivity contribution in [1.29, 1.82) is 5.26 Å². The minimum atomic E-state index is -0.988. The average Bonchev–Trinajstić information content (AvgIpc) is 2.59. The maximum Gasteiger partial charge on any atom is 0.319 e. The number of primary amides is 1. The molecule has 0 aliphatic heterocycles. The van der Waals surface area contributed by atoms with Gasteiger partial charge in [0.1, 0.15) is 11.6 Å². The first-order valence-electron chi connectivity index (χ1n) is 4.38. The molecule has 6 nitrogen and oxygen atoms in total. The first-order chi connectivity index (χ1) is 7.54. The van der Waals surface area contributed by atoms with Gasteiger partial charge in [-0.05, 0) is 18.2 Å². The van der Waals surface area contributed by atoms with Gasteiger partial charge in [0.05, 0.1) is 0 Å². The SMILES string of the molecule is Cn1cccc1/C=C(/C#N)C(=O)NC(N)=O. The number of rotatable bonds is 2. The number of urea groups is 1. The molecule has 0 saturated carbocycles. The largest absolute Gasteiger partial charge is 0.351 e. The molecule has 1 heterocycles. The number of imide groups is 1. The quantitative estimate of drug-likeness (QED) is 0.544. The molecule has 1 rings (SSSR count). The molecule has 6 heteroatoms. The zero-order valence-corrected chi connectivity index (χ0v) is 8.60. The zero-order valence-electron chi connectivity index (χ0n) is 8.60. The van der Waals surface area contributed by atoms with Crippen molar-refractivity contribution in [3.8, 4) is 6.07 Å². The van der Waals surface area contributed by atoms with Gasteiger partial charge in [-0.15, -0.1) is 0 Å². The number of amides is 3. The van der Waals surface area contributed by atoms with Gasteiger partial charge in [-0.2, -0.15) is 5.26 Å². The van der Waals surface area contributed by atoms with Gasteiger partial charge in [0.25, 0.3) is 5.91 Å². The molecule has 0 unspecified atom stereocenters. The van der Waals surface area contributed by atoms with Crippen molar-refractivity contribution in [3.05, 3.63) is 29.6 Å². The van der Waals surface area contributed by atoms with E-state index in [1.165, 1.54) is 6.08 Å². The summed E-state index contributed by atoms with van der Waals surface area (Å²) in [7, 11) is 1.77. The van der Waals surface area contributed by atoms with Crippen molar-refractivity contribution in [2.45, 2.75) is 0 Å². The van der Waals surface area contributed by atoms with E-state index >= 15 is 0 Å². The van der Waals surface area contributed by atoms with Crippen LogP contribution in [-0.4, -0.2) is 16.5 Å². The number of aromatic nitrogens is 1. The van der Waals surface area contributed by atoms with Crippen LogP contribution in [0, 0.1) is 11.3 Å². The zero-order chi connectivity index (χ0) is 12.1. The van der Waals surface area contributed by atoms with Crippen LogP contribution in [0.1, 0.15) is 5.69 Å². The summed E-state index contributed by atoms with van der Waals surface area (Å²) in [4.78, 5) is 21.8. The monoisotopic (exact) mass is 218 g/mol. The maximum atomic E-state index is 11.3. The fourth-order valence-electron chi connectivity index (χ4n) is 1.10. The molecule has 16 heavy (non-hydrogen) atoms. The lowest BCUT2D eigenvalue weighted by Crippen LogP contribution is -2.35. The van der Waals surface area contributed by atoms with E-state index in [0.29, 0.717) is 5.69 Å². The van der Waals surface area contributed by atoms with Crippen molar-refractivity contribution >= 4 is 18.0 Å². The number of nitriles is 1. The van der Waals surface area contributed by atoms with Crippen LogP contribution in [0.5, 0.6) is 0 Å². The highest BCUT2D eigenvalue weighted by Crippen LogP contribution is 2.06. The molecule has 0 spiro atoms. The number of hydrogen-bond donors (Lipinski definition) is 2. The first-order valence-corrected chi connectivity index (χ1v) is 4.38. The molecular weight excluding hydrogens is 208 g/mol. The molecule has 0 saturated heterocycles. The van der Waals surface area contributed by atoms with Crippen LogP contribution in [0.4, 0.5) is 4.79 Å². The molecule has 82 valence electrons. The molecule has 0 atom stereocenters. The molecule has 0 aliphatic rings. The van der Waals surface area contributed by atoms with Crippen molar-refractivity contribution in [1.82, 2.24) is 9.88 Å². The van der Waals surface area contributed by atoms with Crippen molar-refractivity contribution in [2.75, 3.05) is 0 Å². The summed E-state index contributed by atoms with van der Waals surface area (Å²) in [5.41, 5.74) is 5.27. The number of aryl methyl sites for hydroxylation is 1. The predicted octanol–water partition coefficient (Wildman–Crippen LogP) is 0.127. The number of hydrogen-bond acceptors (Lipinski definition) is 3. The fraction of sp³-hybridized carbons (Fsp3) is 0.100. The number of carbonyl (C=O) groups is 2. The molecule has 1 aromatic heterocycles. The van der Waals surface area contributed by atoms with E-state index in [-0.39, 0.29) is 5.57 Å². The Labute approximate surface area is 92.0 Å². The van der Waals surface area contributed by atoms with E-state index in [2.05, 4.69) is 0 Å². The van der Waals surface area contributed by atoms with Crippen molar-refractivity contribution in [2.24, 2.45) is 12.8 Å². The third-order valence-electron chi connectivity index (χ3n) is 1.88. The highest BCUT2D eigenvalue weighted by Gasteiger charge is 2.11. The molecule has 0 aromatic carbocycles. The van der Waals surface area contributed by atoms with E-state index in [1.807, 2.05) is 5.32 Å². The normalized spacial score (nSPS) is 10.6. The predicted molar refractivity (Wildman–Crippen MR) is 56.7 cm³/mol. The Balaban J connectivity index is 2.96. The van der Waals surface area contributed by atoms with Crippen LogP contribution in [0.3, 0.4) is 0 Å². The maximum absolute atomic E-state index is 11.3. The van der Waals surface area contributed by atoms with Crippen LogP contribution >= 0.6 is 0 Å². The summed E-state index contributed by atoms with van der Waals surface area (Å²) in [6, 6.07) is 4.21. The molecule has 1 aromatic rings. The van der Waals surface area contributed by atoms with Crippen molar-refractivity contribution < 1.29 is 9.59 Å². The summed E-state index contributed by atoms with van der Waals surface area (Å²) in [5, 5.41) is 10.6. The minimum absolute atomic E-state index is 0.180. The number of carbonyl (C=O) groups excluding carboxylic acids is 2. The van der Waals surface area contributed by atoms with Gasteiger partial charge in [0, 0.05) is 18.9 Å². The van der Waals surface area contributed by atoms with E-state index in [4.69, 9.17) is 11.0 Å². The lowest BCUT2D eigenvalue weighted by molar-refractivity contribution is -0.115. The van der Waals surface area contributed by atoms with Crippen LogP contribution < -0.4 is 11.1 Å². The smallest absolute Gasteiger partial charge is 0.319 e. The lowest BCUT2D eigenvalue weighted by Gasteiger charge is -2.00. The van der Waals surface area contributed by atoms with E-state index < -0.39 is 11.9 Å². The van der Waals surface area contributed by atoms with Gasteiger partial charge in [0.15, 0.2) is 0 Å². The molecule has 0 radical (unpaired) electrons. The van der Waals surface area contributed by atoms with Gasteiger partial charge in [-0.25, -0.2) is 4.79 Å². The van der Waals surface area contributed by atoms with E-state index in [0.717, 1.165) is 0 Å². The van der Waals surface area contributed by atoms with Crippen LogP contribution in [0.2, 0.25) is 0 Å². The van der Waals surface area contributed by atoms with Crippen molar-refractivity contribution in [3.63, 3.8) is 0 Å². The van der Waals surface area contributed by atoms with Crippen LogP contribution in [0.15, 0.2) is 23.9 Å². The van der Waals surface area contributed by atoms with Crippen LogP contribution in [0.25, 0.3) is 6.08 Å². The fourth-order valence-corrected chi connectivity index (χ4v) is 1.10. The Morgan fingerprint density at radius 1 is 1.62 bits per heavy atom. The highest BCUT2D eigenvalue weighted by atomic mass is 16.2. The Kier molecular flexibility index (Phi) is 3.45. The third kappa shape index (κ3) is 2.72. The summed E-state index contributed by atoms with van der Waals surface area (Å²) in [6.07, 6.45) is 3.14. The molecule has 0 bridgehead atoms. The number of nitrogens with two attached hydrogens (primary N) is 1. The average molecular weight is 218 g/mol. The third-order valence-corrected chi connectivity index (χ3v) is 1.88.